The maximum Gasteiger partial charge on any atom is 0.310 e. The standard InChI is InChI=1S/C11H12ClF2NO3/c1-3-18-9(16)5-6-7(11(13)14)4-8(17-2)15-10(6)12/h4,11H,3,5H2,1-2H3. The molecule has 1 aromatic rings. The average Bonchev–Trinajstić information content (AvgIpc) is 2.31. The van der Waals surface area contributed by atoms with Crippen molar-refractivity contribution in [2.75, 3.05) is 13.7 Å². The Kier molecular flexibility index (Phi) is 5.27. The number of halogens is 3. The summed E-state index contributed by atoms with van der Waals surface area (Å²) in [5.74, 6) is -0.656. The Labute approximate surface area is 108 Å². The number of alkyl halides is 2. The van der Waals surface area contributed by atoms with E-state index in [0.717, 1.165) is 6.07 Å². The quantitative estimate of drug-likeness (QED) is 0.614. The first kappa shape index (κ1) is 14.6. The van der Waals surface area contributed by atoms with Crippen LogP contribution in [0.4, 0.5) is 8.78 Å². The molecule has 7 heteroatoms. The molecule has 1 aromatic heterocycles. The van der Waals surface area contributed by atoms with Crippen molar-refractivity contribution in [3.05, 3.63) is 22.3 Å². The second kappa shape index (κ2) is 6.49. The first-order valence-electron chi connectivity index (χ1n) is 5.16. The second-order valence-corrected chi connectivity index (χ2v) is 3.66. The van der Waals surface area contributed by atoms with E-state index in [1.54, 1.807) is 6.92 Å². The molecular weight excluding hydrogens is 268 g/mol. The van der Waals surface area contributed by atoms with Crippen molar-refractivity contribution in [2.45, 2.75) is 19.8 Å². The summed E-state index contributed by atoms with van der Waals surface area (Å²) in [6, 6.07) is 1.06. The summed E-state index contributed by atoms with van der Waals surface area (Å²) in [5, 5.41) is -0.183. The van der Waals surface area contributed by atoms with Gasteiger partial charge in [-0.15, -0.1) is 0 Å². The van der Waals surface area contributed by atoms with Crippen LogP contribution in [0.15, 0.2) is 6.07 Å². The summed E-state index contributed by atoms with van der Waals surface area (Å²) in [5.41, 5.74) is -0.411. The largest absolute Gasteiger partial charge is 0.481 e. The van der Waals surface area contributed by atoms with E-state index in [1.807, 2.05) is 0 Å². The number of esters is 1. The van der Waals surface area contributed by atoms with Gasteiger partial charge in [0.25, 0.3) is 6.43 Å². The molecule has 100 valence electrons. The van der Waals surface area contributed by atoms with E-state index in [1.165, 1.54) is 7.11 Å². The molecule has 0 amide bonds. The highest BCUT2D eigenvalue weighted by atomic mass is 35.5. The van der Waals surface area contributed by atoms with Crippen LogP contribution in [0.2, 0.25) is 5.15 Å². The van der Waals surface area contributed by atoms with Crippen molar-refractivity contribution >= 4 is 17.6 Å². The lowest BCUT2D eigenvalue weighted by Gasteiger charge is -2.11. The molecule has 0 aromatic carbocycles. The minimum absolute atomic E-state index is 0.0251. The van der Waals surface area contributed by atoms with Gasteiger partial charge in [-0.25, -0.2) is 13.8 Å². The lowest BCUT2D eigenvalue weighted by molar-refractivity contribution is -0.142. The number of carbonyl (C=O) groups is 1. The van der Waals surface area contributed by atoms with Gasteiger partial charge in [-0.2, -0.15) is 0 Å². The van der Waals surface area contributed by atoms with E-state index in [-0.39, 0.29) is 35.2 Å². The molecule has 0 saturated heterocycles. The molecule has 0 fully saturated rings. The van der Waals surface area contributed by atoms with Crippen molar-refractivity contribution in [1.82, 2.24) is 4.98 Å². The zero-order chi connectivity index (χ0) is 13.7. The van der Waals surface area contributed by atoms with E-state index >= 15 is 0 Å². The number of pyridine rings is 1. The van der Waals surface area contributed by atoms with Gasteiger partial charge in [0.15, 0.2) is 0 Å². The molecule has 0 bridgehead atoms. The Morgan fingerprint density at radius 3 is 2.72 bits per heavy atom. The van der Waals surface area contributed by atoms with Crippen LogP contribution in [-0.2, 0) is 16.0 Å². The predicted octanol–water partition coefficient (Wildman–Crippen LogP) is 2.79. The zero-order valence-corrected chi connectivity index (χ0v) is 10.6. The second-order valence-electron chi connectivity index (χ2n) is 3.31. The molecule has 0 atom stereocenters. The fraction of sp³-hybridized carbons (Fsp3) is 0.455. The van der Waals surface area contributed by atoms with Crippen molar-refractivity contribution in [3.8, 4) is 5.88 Å². The topological polar surface area (TPSA) is 48.4 Å². The van der Waals surface area contributed by atoms with Gasteiger partial charge >= 0.3 is 5.97 Å². The smallest absolute Gasteiger partial charge is 0.310 e. The maximum absolute atomic E-state index is 12.9. The predicted molar refractivity (Wildman–Crippen MR) is 61.1 cm³/mol. The Bertz CT molecular complexity index is 441. The maximum atomic E-state index is 12.9. The number of carbonyl (C=O) groups excluding carboxylic acids is 1. The summed E-state index contributed by atoms with van der Waals surface area (Å²) in [4.78, 5) is 15.1. The summed E-state index contributed by atoms with van der Waals surface area (Å²) in [7, 11) is 1.29. The van der Waals surface area contributed by atoms with Gasteiger partial charge in [0, 0.05) is 17.2 Å². The molecule has 0 radical (unpaired) electrons. The molecule has 0 aliphatic heterocycles. The van der Waals surface area contributed by atoms with Gasteiger partial charge in [-0.1, -0.05) is 11.6 Å². The molecule has 0 saturated carbocycles. The highest BCUT2D eigenvalue weighted by Gasteiger charge is 2.21. The number of ether oxygens (including phenoxy) is 2. The van der Waals surface area contributed by atoms with Gasteiger partial charge in [-0.05, 0) is 6.92 Å². The van der Waals surface area contributed by atoms with Gasteiger partial charge in [0.1, 0.15) is 5.15 Å². The van der Waals surface area contributed by atoms with E-state index in [0.29, 0.717) is 0 Å². The third-order valence-corrected chi connectivity index (χ3v) is 2.47. The van der Waals surface area contributed by atoms with Crippen LogP contribution in [0.5, 0.6) is 5.88 Å². The lowest BCUT2D eigenvalue weighted by atomic mass is 10.1. The first-order chi connectivity index (χ1) is 8.49. The van der Waals surface area contributed by atoms with Gasteiger partial charge in [-0.3, -0.25) is 4.79 Å². The van der Waals surface area contributed by atoms with E-state index in [4.69, 9.17) is 21.1 Å². The molecule has 0 aliphatic carbocycles. The van der Waals surface area contributed by atoms with Crippen molar-refractivity contribution in [2.24, 2.45) is 0 Å². The average molecular weight is 280 g/mol. The van der Waals surface area contributed by atoms with Crippen LogP contribution in [0.1, 0.15) is 24.5 Å². The molecule has 0 spiro atoms. The van der Waals surface area contributed by atoms with Gasteiger partial charge in [0.2, 0.25) is 5.88 Å². The van der Waals surface area contributed by atoms with E-state index < -0.39 is 12.4 Å². The van der Waals surface area contributed by atoms with Crippen molar-refractivity contribution in [3.63, 3.8) is 0 Å². The summed E-state index contributed by atoms with van der Waals surface area (Å²) < 4.78 is 35.2. The monoisotopic (exact) mass is 279 g/mol. The fourth-order valence-corrected chi connectivity index (χ4v) is 1.63. The Balaban J connectivity index is 3.12. The van der Waals surface area contributed by atoms with Crippen molar-refractivity contribution < 1.29 is 23.0 Å². The number of hydrogen-bond donors (Lipinski definition) is 0. The molecular formula is C11H12ClF2NO3. The third kappa shape index (κ3) is 3.53. The van der Waals surface area contributed by atoms with E-state index in [2.05, 4.69) is 4.98 Å². The Hall–Kier alpha value is -1.43. The number of rotatable bonds is 5. The van der Waals surface area contributed by atoms with Crippen LogP contribution >= 0.6 is 11.6 Å². The minimum Gasteiger partial charge on any atom is -0.481 e. The molecule has 18 heavy (non-hydrogen) atoms. The van der Waals surface area contributed by atoms with E-state index in [9.17, 15) is 13.6 Å². The number of aromatic nitrogens is 1. The summed E-state index contributed by atoms with van der Waals surface area (Å²) >= 11 is 5.77. The molecule has 1 heterocycles. The van der Waals surface area contributed by atoms with Crippen LogP contribution < -0.4 is 4.74 Å². The van der Waals surface area contributed by atoms with Gasteiger partial charge < -0.3 is 9.47 Å². The van der Waals surface area contributed by atoms with Crippen LogP contribution in [0.3, 0.4) is 0 Å². The SMILES string of the molecule is CCOC(=O)Cc1c(C(F)F)cc(OC)nc1Cl. The first-order valence-corrected chi connectivity index (χ1v) is 5.54. The highest BCUT2D eigenvalue weighted by molar-refractivity contribution is 6.30. The molecule has 0 aliphatic rings. The summed E-state index contributed by atoms with van der Waals surface area (Å²) in [6.45, 7) is 1.80. The number of hydrogen-bond acceptors (Lipinski definition) is 4. The van der Waals surface area contributed by atoms with Gasteiger partial charge in [0.05, 0.1) is 20.1 Å². The highest BCUT2D eigenvalue weighted by Crippen LogP contribution is 2.31. The third-order valence-electron chi connectivity index (χ3n) is 2.16. The number of methoxy groups -OCH3 is 1. The minimum atomic E-state index is -2.77. The molecule has 1 rings (SSSR count). The van der Waals surface area contributed by atoms with Crippen LogP contribution in [0.25, 0.3) is 0 Å². The Morgan fingerprint density at radius 2 is 2.22 bits per heavy atom. The number of nitrogens with zero attached hydrogens (tertiary/aromatic N) is 1. The molecule has 0 N–H and O–H groups in total. The lowest BCUT2D eigenvalue weighted by Crippen LogP contribution is -2.11. The Morgan fingerprint density at radius 1 is 1.56 bits per heavy atom. The fourth-order valence-electron chi connectivity index (χ4n) is 1.37. The van der Waals surface area contributed by atoms with Crippen LogP contribution in [0, 0.1) is 0 Å². The normalized spacial score (nSPS) is 10.6. The molecule has 0 unspecified atom stereocenters. The molecule has 4 nitrogen and oxygen atoms in total. The summed E-state index contributed by atoms with van der Waals surface area (Å²) in [6.07, 6.45) is -3.12. The zero-order valence-electron chi connectivity index (χ0n) is 9.87. The van der Waals surface area contributed by atoms with Crippen LogP contribution in [-0.4, -0.2) is 24.7 Å². The van der Waals surface area contributed by atoms with Crippen molar-refractivity contribution in [1.29, 1.82) is 0 Å².